The van der Waals surface area contributed by atoms with Crippen LogP contribution in [0.5, 0.6) is 11.5 Å². The molecule has 0 aliphatic carbocycles. The van der Waals surface area contributed by atoms with E-state index in [1.165, 1.54) is 11.8 Å². The van der Waals surface area contributed by atoms with Crippen molar-refractivity contribution in [3.63, 3.8) is 0 Å². The number of hydrogen-bond acceptors (Lipinski definition) is 6. The zero-order chi connectivity index (χ0) is 23.8. The lowest BCUT2D eigenvalue weighted by atomic mass is 10.2. The maximum Gasteiger partial charge on any atom is 0.233 e. The second-order valence-electron chi connectivity index (χ2n) is 7.45. The topological polar surface area (TPSA) is 69.5 Å². The van der Waals surface area contributed by atoms with Gasteiger partial charge in [-0.25, -0.2) is 0 Å². The van der Waals surface area contributed by atoms with Crippen molar-refractivity contribution in [3.8, 4) is 28.6 Å². The van der Waals surface area contributed by atoms with Gasteiger partial charge in [-0.05, 0) is 57.2 Å². The van der Waals surface area contributed by atoms with E-state index in [-0.39, 0.29) is 11.7 Å². The maximum atomic E-state index is 12.8. The Hall–Kier alpha value is -3.26. The Morgan fingerprint density at radius 3 is 2.52 bits per heavy atom. The number of aromatic nitrogens is 3. The Balaban J connectivity index is 1.95. The van der Waals surface area contributed by atoms with Gasteiger partial charge in [0, 0.05) is 24.3 Å². The van der Waals surface area contributed by atoms with Crippen molar-refractivity contribution in [2.75, 3.05) is 32.6 Å². The van der Waals surface area contributed by atoms with Gasteiger partial charge in [0.1, 0.15) is 11.5 Å². The molecule has 0 aliphatic heterocycles. The lowest BCUT2D eigenvalue weighted by Crippen LogP contribution is -2.33. The van der Waals surface area contributed by atoms with E-state index < -0.39 is 0 Å². The van der Waals surface area contributed by atoms with E-state index in [9.17, 15) is 4.79 Å². The number of carbonyl (C=O) groups excluding carboxylic acids is 1. The van der Waals surface area contributed by atoms with E-state index in [0.29, 0.717) is 30.7 Å². The van der Waals surface area contributed by atoms with Gasteiger partial charge in [-0.3, -0.25) is 9.36 Å². The fraction of sp³-hybridized carbons (Fsp3) is 0.320. The summed E-state index contributed by atoms with van der Waals surface area (Å²) in [5.41, 5.74) is 2.70. The number of methoxy groups -OCH3 is 1. The second kappa shape index (κ2) is 11.6. The number of amides is 1. The highest BCUT2D eigenvalue weighted by atomic mass is 32.2. The summed E-state index contributed by atoms with van der Waals surface area (Å²) in [5, 5.41) is 9.51. The van der Waals surface area contributed by atoms with E-state index in [1.807, 2.05) is 73.9 Å². The number of thioether (sulfide) groups is 1. The fourth-order valence-electron chi connectivity index (χ4n) is 3.32. The predicted octanol–water partition coefficient (Wildman–Crippen LogP) is 4.86. The average molecular weight is 467 g/mol. The van der Waals surface area contributed by atoms with Crippen LogP contribution in [0, 0.1) is 0 Å². The molecule has 7 nitrogen and oxygen atoms in total. The summed E-state index contributed by atoms with van der Waals surface area (Å²) in [6, 6.07) is 15.4. The molecule has 0 aliphatic rings. The van der Waals surface area contributed by atoms with Gasteiger partial charge in [-0.2, -0.15) is 0 Å². The fourth-order valence-corrected chi connectivity index (χ4v) is 4.18. The zero-order valence-corrected chi connectivity index (χ0v) is 20.4. The highest BCUT2D eigenvalue weighted by molar-refractivity contribution is 7.99. The number of nitrogens with zero attached hydrogens (tertiary/aromatic N) is 4. The number of carbonyl (C=O) groups is 1. The van der Waals surface area contributed by atoms with Crippen LogP contribution < -0.4 is 9.47 Å². The van der Waals surface area contributed by atoms with Crippen molar-refractivity contribution >= 4 is 17.7 Å². The minimum absolute atomic E-state index is 0.0367. The van der Waals surface area contributed by atoms with Crippen molar-refractivity contribution in [2.45, 2.75) is 25.9 Å². The molecule has 3 rings (SSSR count). The number of ether oxygens (including phenoxy) is 2. The summed E-state index contributed by atoms with van der Waals surface area (Å²) in [7, 11) is 1.63. The van der Waals surface area contributed by atoms with Crippen LogP contribution in [0.3, 0.4) is 0 Å². The van der Waals surface area contributed by atoms with Crippen molar-refractivity contribution in [2.24, 2.45) is 0 Å². The van der Waals surface area contributed by atoms with E-state index in [0.717, 1.165) is 28.3 Å². The zero-order valence-electron chi connectivity index (χ0n) is 19.6. The molecule has 174 valence electrons. The van der Waals surface area contributed by atoms with Gasteiger partial charge in [0.05, 0.1) is 19.5 Å². The first-order valence-corrected chi connectivity index (χ1v) is 11.8. The van der Waals surface area contributed by atoms with Crippen molar-refractivity contribution in [1.82, 2.24) is 19.7 Å². The molecule has 0 atom stereocenters. The van der Waals surface area contributed by atoms with E-state index >= 15 is 0 Å². The number of rotatable bonds is 11. The first-order chi connectivity index (χ1) is 16.0. The van der Waals surface area contributed by atoms with Crippen LogP contribution in [0.25, 0.3) is 17.1 Å². The first-order valence-electron chi connectivity index (χ1n) is 10.8. The highest BCUT2D eigenvalue weighted by Gasteiger charge is 2.19. The summed E-state index contributed by atoms with van der Waals surface area (Å²) in [6.45, 7) is 11.5. The molecule has 0 bridgehead atoms. The minimum Gasteiger partial charge on any atom is -0.497 e. The molecule has 0 N–H and O–H groups in total. The summed E-state index contributed by atoms with van der Waals surface area (Å²) in [5.74, 6) is 2.49. The molecular formula is C25H30N4O3S. The van der Waals surface area contributed by atoms with Crippen LogP contribution >= 0.6 is 11.8 Å². The summed E-state index contributed by atoms with van der Waals surface area (Å²) >= 11 is 1.37. The molecule has 1 heterocycles. The molecular weight excluding hydrogens is 436 g/mol. The maximum absolute atomic E-state index is 12.8. The molecule has 0 spiro atoms. The van der Waals surface area contributed by atoms with Crippen LogP contribution in [-0.4, -0.2) is 58.1 Å². The van der Waals surface area contributed by atoms with Crippen LogP contribution in [0.1, 0.15) is 20.8 Å². The van der Waals surface area contributed by atoms with Gasteiger partial charge in [0.25, 0.3) is 0 Å². The number of likely N-dealkylation sites (N-methyl/N-ethyl adjacent to an activating group) is 1. The average Bonchev–Trinajstić information content (AvgIpc) is 3.25. The van der Waals surface area contributed by atoms with Gasteiger partial charge in [-0.1, -0.05) is 36.0 Å². The van der Waals surface area contributed by atoms with Crippen molar-refractivity contribution < 1.29 is 14.3 Å². The van der Waals surface area contributed by atoms with E-state index in [4.69, 9.17) is 9.47 Å². The molecule has 0 saturated heterocycles. The van der Waals surface area contributed by atoms with Crippen molar-refractivity contribution in [3.05, 3.63) is 60.7 Å². The minimum atomic E-state index is 0.0367. The van der Waals surface area contributed by atoms with Gasteiger partial charge >= 0.3 is 0 Å². The third-order valence-electron chi connectivity index (χ3n) is 4.89. The highest BCUT2D eigenvalue weighted by Crippen LogP contribution is 2.30. The Labute approximate surface area is 199 Å². The Morgan fingerprint density at radius 1 is 1.12 bits per heavy atom. The standard InChI is InChI=1S/C25H30N4O3S/c1-6-28(16-18(3)4)23(30)17-33-25-27-26-24(19-9-8-10-22(15-19)31-5)29(25)20-11-13-21(14-12-20)32-7-2/h8-15H,3,6-7,16-17H2,1-2,4-5H3. The summed E-state index contributed by atoms with van der Waals surface area (Å²) < 4.78 is 12.9. The van der Waals surface area contributed by atoms with E-state index in [2.05, 4.69) is 16.8 Å². The molecule has 0 saturated carbocycles. The molecule has 33 heavy (non-hydrogen) atoms. The SMILES string of the molecule is C=C(C)CN(CC)C(=O)CSc1nnc(-c2cccc(OC)c2)n1-c1ccc(OCC)cc1. The summed E-state index contributed by atoms with van der Waals surface area (Å²) in [6.07, 6.45) is 0. The Kier molecular flexibility index (Phi) is 8.54. The quantitative estimate of drug-likeness (QED) is 0.297. The number of hydrogen-bond donors (Lipinski definition) is 0. The largest absolute Gasteiger partial charge is 0.497 e. The van der Waals surface area contributed by atoms with Crippen LogP contribution in [0.4, 0.5) is 0 Å². The molecule has 8 heteroatoms. The third-order valence-corrected chi connectivity index (χ3v) is 5.80. The molecule has 0 unspecified atom stereocenters. The monoisotopic (exact) mass is 466 g/mol. The van der Waals surface area contributed by atoms with Gasteiger partial charge in [0.15, 0.2) is 11.0 Å². The molecule has 3 aromatic rings. The molecule has 1 aromatic heterocycles. The smallest absolute Gasteiger partial charge is 0.233 e. The second-order valence-corrected chi connectivity index (χ2v) is 8.40. The molecule has 2 aromatic carbocycles. The van der Waals surface area contributed by atoms with Gasteiger partial charge in [-0.15, -0.1) is 10.2 Å². The van der Waals surface area contributed by atoms with E-state index in [1.54, 1.807) is 12.0 Å². The van der Waals surface area contributed by atoms with Gasteiger partial charge in [0.2, 0.25) is 5.91 Å². The van der Waals surface area contributed by atoms with Crippen LogP contribution in [-0.2, 0) is 4.79 Å². The lowest BCUT2D eigenvalue weighted by molar-refractivity contribution is -0.127. The van der Waals surface area contributed by atoms with Gasteiger partial charge < -0.3 is 14.4 Å². The van der Waals surface area contributed by atoms with Crippen LogP contribution in [0.2, 0.25) is 0 Å². The lowest BCUT2D eigenvalue weighted by Gasteiger charge is -2.20. The van der Waals surface area contributed by atoms with Crippen molar-refractivity contribution in [1.29, 1.82) is 0 Å². The third kappa shape index (κ3) is 6.16. The first kappa shape index (κ1) is 24.4. The Bertz CT molecular complexity index is 1100. The normalized spacial score (nSPS) is 10.7. The molecule has 0 fully saturated rings. The predicted molar refractivity (Wildman–Crippen MR) is 132 cm³/mol. The van der Waals surface area contributed by atoms with Crippen LogP contribution in [0.15, 0.2) is 65.8 Å². The Morgan fingerprint density at radius 2 is 1.88 bits per heavy atom. The number of benzene rings is 2. The molecule has 1 amide bonds. The summed E-state index contributed by atoms with van der Waals surface area (Å²) in [4.78, 5) is 14.6. The molecule has 0 radical (unpaired) electrons.